The first-order valence-electron chi connectivity index (χ1n) is 6.34. The van der Waals surface area contributed by atoms with Gasteiger partial charge in [0.05, 0.1) is 11.6 Å². The summed E-state index contributed by atoms with van der Waals surface area (Å²) in [5, 5.41) is 4.64. The molecule has 0 aliphatic carbocycles. The van der Waals surface area contributed by atoms with Gasteiger partial charge in [0, 0.05) is 5.41 Å². The Morgan fingerprint density at radius 2 is 2.10 bits per heavy atom. The van der Waals surface area contributed by atoms with Crippen molar-refractivity contribution in [1.82, 2.24) is 14.8 Å². The largest absolute Gasteiger partial charge is 0.490 e. The van der Waals surface area contributed by atoms with E-state index in [0.29, 0.717) is 18.9 Å². The van der Waals surface area contributed by atoms with Crippen LogP contribution in [0.3, 0.4) is 0 Å². The number of halogens is 2. The fourth-order valence-electron chi connectivity index (χ4n) is 1.59. The summed E-state index contributed by atoms with van der Waals surface area (Å²) in [6.45, 7) is 7.11. The quantitative estimate of drug-likeness (QED) is 0.868. The van der Waals surface area contributed by atoms with Crippen molar-refractivity contribution in [3.63, 3.8) is 0 Å². The molecule has 0 saturated carbocycles. The van der Waals surface area contributed by atoms with Crippen LogP contribution in [-0.2, 0) is 12.0 Å². The Morgan fingerprint density at radius 1 is 1.35 bits per heavy atom. The molecular weight excluding hydrogens is 281 g/mol. The molecule has 0 aliphatic heterocycles. The first-order chi connectivity index (χ1) is 9.36. The summed E-state index contributed by atoms with van der Waals surface area (Å²) in [4.78, 5) is 4.26. The molecule has 0 atom stereocenters. The van der Waals surface area contributed by atoms with Crippen LogP contribution >= 0.6 is 11.6 Å². The fraction of sp³-hybridized carbons (Fsp3) is 0.429. The van der Waals surface area contributed by atoms with E-state index in [9.17, 15) is 4.39 Å². The second-order valence-corrected chi connectivity index (χ2v) is 5.91. The molecule has 1 aromatic carbocycles. The van der Waals surface area contributed by atoms with E-state index in [4.69, 9.17) is 16.3 Å². The summed E-state index contributed by atoms with van der Waals surface area (Å²) in [7, 11) is 0. The van der Waals surface area contributed by atoms with E-state index in [2.05, 4.69) is 30.9 Å². The maximum absolute atomic E-state index is 12.9. The molecule has 0 radical (unpaired) electrons. The lowest BCUT2D eigenvalue weighted by Gasteiger charge is -2.12. The topological polar surface area (TPSA) is 39.9 Å². The van der Waals surface area contributed by atoms with Crippen LogP contribution in [0.15, 0.2) is 24.5 Å². The van der Waals surface area contributed by atoms with Gasteiger partial charge in [-0.2, -0.15) is 5.10 Å². The molecular formula is C14H17ClFN3O. The zero-order valence-electron chi connectivity index (χ0n) is 11.7. The first-order valence-corrected chi connectivity index (χ1v) is 6.72. The molecule has 1 aromatic heterocycles. The number of aromatic nitrogens is 3. The van der Waals surface area contributed by atoms with Gasteiger partial charge < -0.3 is 4.74 Å². The van der Waals surface area contributed by atoms with Gasteiger partial charge in [-0.05, 0) is 18.2 Å². The van der Waals surface area contributed by atoms with Crippen LogP contribution in [0.2, 0.25) is 5.02 Å². The summed E-state index contributed by atoms with van der Waals surface area (Å²) in [5.74, 6) is 0.870. The highest BCUT2D eigenvalue weighted by Gasteiger charge is 2.18. The van der Waals surface area contributed by atoms with E-state index in [1.807, 2.05) is 0 Å². The van der Waals surface area contributed by atoms with E-state index < -0.39 is 0 Å². The molecule has 1 heterocycles. The van der Waals surface area contributed by atoms with Gasteiger partial charge in [0.15, 0.2) is 5.82 Å². The van der Waals surface area contributed by atoms with Crippen LogP contribution in [0.4, 0.5) is 4.39 Å². The Morgan fingerprint density at radius 3 is 2.70 bits per heavy atom. The summed E-state index contributed by atoms with van der Waals surface area (Å²) in [6.07, 6.45) is 1.68. The van der Waals surface area contributed by atoms with Gasteiger partial charge in [-0.3, -0.25) is 0 Å². The summed E-state index contributed by atoms with van der Waals surface area (Å²) in [6, 6.07) is 4.05. The maximum atomic E-state index is 12.9. The molecule has 2 aromatic rings. The smallest absolute Gasteiger partial charge is 0.155 e. The van der Waals surface area contributed by atoms with Crippen molar-refractivity contribution in [3.05, 3.63) is 41.2 Å². The predicted octanol–water partition coefficient (Wildman–Crippen LogP) is 3.45. The molecule has 20 heavy (non-hydrogen) atoms. The highest BCUT2D eigenvalue weighted by atomic mass is 35.5. The zero-order valence-corrected chi connectivity index (χ0v) is 12.5. The van der Waals surface area contributed by atoms with Gasteiger partial charge in [0.1, 0.15) is 24.5 Å². The number of hydrogen-bond acceptors (Lipinski definition) is 3. The molecule has 0 bridgehead atoms. The minimum absolute atomic E-state index is 0.0770. The zero-order chi connectivity index (χ0) is 14.8. The van der Waals surface area contributed by atoms with Crippen molar-refractivity contribution in [3.8, 4) is 5.75 Å². The Hall–Kier alpha value is -1.62. The highest BCUT2D eigenvalue weighted by molar-refractivity contribution is 6.32. The Kier molecular flexibility index (Phi) is 4.28. The van der Waals surface area contributed by atoms with Crippen LogP contribution in [0, 0.1) is 5.82 Å². The predicted molar refractivity (Wildman–Crippen MR) is 75.6 cm³/mol. The number of nitrogens with zero attached hydrogens (tertiary/aromatic N) is 3. The Balaban J connectivity index is 1.91. The molecule has 0 spiro atoms. The van der Waals surface area contributed by atoms with Gasteiger partial charge in [0.2, 0.25) is 0 Å². The lowest BCUT2D eigenvalue weighted by atomic mass is 9.96. The van der Waals surface area contributed by atoms with Gasteiger partial charge in [-0.1, -0.05) is 32.4 Å². The molecule has 108 valence electrons. The van der Waals surface area contributed by atoms with Crippen molar-refractivity contribution in [2.45, 2.75) is 32.7 Å². The van der Waals surface area contributed by atoms with Crippen LogP contribution in [0.5, 0.6) is 5.75 Å². The number of benzene rings is 1. The summed E-state index contributed by atoms with van der Waals surface area (Å²) < 4.78 is 20.1. The Labute approximate surface area is 122 Å². The third kappa shape index (κ3) is 3.70. The Bertz CT molecular complexity index is 592. The monoisotopic (exact) mass is 297 g/mol. The summed E-state index contributed by atoms with van der Waals surface area (Å²) in [5.41, 5.74) is -0.0770. The average molecular weight is 298 g/mol. The molecule has 0 saturated heterocycles. The SMILES string of the molecule is CC(C)(C)c1ncn(CCOc2ccc(F)cc2Cl)n1. The standard InChI is InChI=1S/C14H17ClFN3O/c1-14(2,3)13-17-9-19(18-13)6-7-20-12-5-4-10(16)8-11(12)15/h4-5,8-9H,6-7H2,1-3H3. The third-order valence-electron chi connectivity index (χ3n) is 2.68. The second kappa shape index (κ2) is 5.79. The normalized spacial score (nSPS) is 11.7. The molecule has 0 unspecified atom stereocenters. The molecule has 0 fully saturated rings. The van der Waals surface area contributed by atoms with Gasteiger partial charge >= 0.3 is 0 Å². The second-order valence-electron chi connectivity index (χ2n) is 5.50. The van der Waals surface area contributed by atoms with Crippen molar-refractivity contribution in [2.24, 2.45) is 0 Å². The van der Waals surface area contributed by atoms with Crippen LogP contribution in [-0.4, -0.2) is 21.4 Å². The fourth-order valence-corrected chi connectivity index (χ4v) is 1.81. The number of ether oxygens (including phenoxy) is 1. The minimum atomic E-state index is -0.381. The van der Waals surface area contributed by atoms with Crippen molar-refractivity contribution < 1.29 is 9.13 Å². The van der Waals surface area contributed by atoms with Gasteiger partial charge in [-0.25, -0.2) is 14.1 Å². The van der Waals surface area contributed by atoms with E-state index in [1.165, 1.54) is 18.2 Å². The van der Waals surface area contributed by atoms with Gasteiger partial charge in [-0.15, -0.1) is 0 Å². The van der Waals surface area contributed by atoms with E-state index in [1.54, 1.807) is 11.0 Å². The van der Waals surface area contributed by atoms with E-state index in [0.717, 1.165) is 5.82 Å². The van der Waals surface area contributed by atoms with E-state index in [-0.39, 0.29) is 16.3 Å². The van der Waals surface area contributed by atoms with E-state index >= 15 is 0 Å². The van der Waals surface area contributed by atoms with Crippen LogP contribution < -0.4 is 4.74 Å². The summed E-state index contributed by atoms with van der Waals surface area (Å²) >= 11 is 5.88. The molecule has 0 N–H and O–H groups in total. The first kappa shape index (κ1) is 14.8. The maximum Gasteiger partial charge on any atom is 0.155 e. The minimum Gasteiger partial charge on any atom is -0.490 e. The lowest BCUT2D eigenvalue weighted by Crippen LogP contribution is -2.15. The van der Waals surface area contributed by atoms with Crippen molar-refractivity contribution >= 4 is 11.6 Å². The molecule has 6 heteroatoms. The number of hydrogen-bond donors (Lipinski definition) is 0. The van der Waals surface area contributed by atoms with Crippen molar-refractivity contribution in [2.75, 3.05) is 6.61 Å². The lowest BCUT2D eigenvalue weighted by molar-refractivity contribution is 0.290. The third-order valence-corrected chi connectivity index (χ3v) is 2.97. The highest BCUT2D eigenvalue weighted by Crippen LogP contribution is 2.24. The van der Waals surface area contributed by atoms with Crippen LogP contribution in [0.1, 0.15) is 26.6 Å². The van der Waals surface area contributed by atoms with Crippen LogP contribution in [0.25, 0.3) is 0 Å². The van der Waals surface area contributed by atoms with Gasteiger partial charge in [0.25, 0.3) is 0 Å². The molecule has 0 amide bonds. The molecule has 4 nitrogen and oxygen atoms in total. The molecule has 0 aliphatic rings. The molecule has 2 rings (SSSR count). The van der Waals surface area contributed by atoms with Crippen molar-refractivity contribution in [1.29, 1.82) is 0 Å². The average Bonchev–Trinajstić information content (AvgIpc) is 2.80. The number of rotatable bonds is 4.